The van der Waals surface area contributed by atoms with E-state index in [4.69, 9.17) is 15.6 Å². The molecule has 2 rings (SSSR count). The number of nitrogen functional groups attached to an aromatic ring is 1. The molecule has 26 heavy (non-hydrogen) atoms. The summed E-state index contributed by atoms with van der Waals surface area (Å²) in [5, 5.41) is 5.91. The molecular formula is C16H19FN2O5S2. The summed E-state index contributed by atoms with van der Waals surface area (Å²) < 4.78 is 61.0. The number of methoxy groups -OCH3 is 1. The predicted molar refractivity (Wildman–Crippen MR) is 99.1 cm³/mol. The van der Waals surface area contributed by atoms with Crippen molar-refractivity contribution in [3.05, 3.63) is 59.3 Å². The van der Waals surface area contributed by atoms with Crippen molar-refractivity contribution in [2.45, 2.75) is 4.90 Å². The van der Waals surface area contributed by atoms with Crippen LogP contribution in [0.25, 0.3) is 6.08 Å². The maximum absolute atomic E-state index is 12.7. The highest BCUT2D eigenvalue weighted by molar-refractivity contribution is 7.93. The molecule has 142 valence electrons. The van der Waals surface area contributed by atoms with Gasteiger partial charge in [0.05, 0.1) is 12.8 Å². The SMILES string of the molecule is COc1ccccc1/C=C/S(C)(=O)=O.Nc1c(F)cccc1S(N)(=O)=O. The highest BCUT2D eigenvalue weighted by Gasteiger charge is 2.13. The molecule has 0 saturated heterocycles. The van der Waals surface area contributed by atoms with E-state index in [1.54, 1.807) is 19.2 Å². The minimum Gasteiger partial charge on any atom is -0.496 e. The summed E-state index contributed by atoms with van der Waals surface area (Å²) in [6.07, 6.45) is 2.67. The van der Waals surface area contributed by atoms with Crippen molar-refractivity contribution in [3.8, 4) is 5.75 Å². The molecule has 0 amide bonds. The Hall–Kier alpha value is -2.43. The zero-order valence-corrected chi connectivity index (χ0v) is 15.7. The molecule has 0 saturated carbocycles. The third-order valence-corrected chi connectivity index (χ3v) is 4.55. The van der Waals surface area contributed by atoms with Gasteiger partial charge in [0.15, 0.2) is 9.84 Å². The molecule has 0 spiro atoms. The van der Waals surface area contributed by atoms with Crippen LogP contribution in [0.4, 0.5) is 10.1 Å². The van der Waals surface area contributed by atoms with Crippen molar-refractivity contribution in [2.75, 3.05) is 19.1 Å². The molecule has 0 radical (unpaired) electrons. The number of hydrogen-bond donors (Lipinski definition) is 2. The van der Waals surface area contributed by atoms with Gasteiger partial charge in [0, 0.05) is 17.2 Å². The second kappa shape index (κ2) is 8.79. The van der Waals surface area contributed by atoms with E-state index in [2.05, 4.69) is 0 Å². The van der Waals surface area contributed by atoms with Crippen molar-refractivity contribution >= 4 is 31.6 Å². The average molecular weight is 402 g/mol. The van der Waals surface area contributed by atoms with Crippen molar-refractivity contribution < 1.29 is 26.0 Å². The quantitative estimate of drug-likeness (QED) is 0.750. The fourth-order valence-corrected chi connectivity index (χ4v) is 2.83. The van der Waals surface area contributed by atoms with Gasteiger partial charge in [-0.05, 0) is 24.3 Å². The lowest BCUT2D eigenvalue weighted by molar-refractivity contribution is 0.414. The van der Waals surface area contributed by atoms with Gasteiger partial charge in [-0.1, -0.05) is 24.3 Å². The van der Waals surface area contributed by atoms with Gasteiger partial charge >= 0.3 is 0 Å². The summed E-state index contributed by atoms with van der Waals surface area (Å²) in [6, 6.07) is 10.7. The van der Waals surface area contributed by atoms with Gasteiger partial charge in [0.2, 0.25) is 10.0 Å². The summed E-state index contributed by atoms with van der Waals surface area (Å²) in [5.74, 6) is -0.131. The largest absolute Gasteiger partial charge is 0.496 e. The van der Waals surface area contributed by atoms with Crippen molar-refractivity contribution in [3.63, 3.8) is 0 Å². The van der Waals surface area contributed by atoms with Crippen molar-refractivity contribution in [1.82, 2.24) is 0 Å². The third-order valence-electron chi connectivity index (χ3n) is 2.95. The summed E-state index contributed by atoms with van der Waals surface area (Å²) >= 11 is 0. The van der Waals surface area contributed by atoms with Gasteiger partial charge in [-0.25, -0.2) is 26.4 Å². The number of sulfonamides is 1. The van der Waals surface area contributed by atoms with E-state index < -0.39 is 31.4 Å². The lowest BCUT2D eigenvalue weighted by Crippen LogP contribution is -2.14. The number of anilines is 1. The van der Waals surface area contributed by atoms with Crippen LogP contribution in [-0.2, 0) is 19.9 Å². The van der Waals surface area contributed by atoms with Gasteiger partial charge in [0.1, 0.15) is 16.5 Å². The summed E-state index contributed by atoms with van der Waals surface area (Å²) in [7, 11) is -5.46. The number of benzene rings is 2. The monoisotopic (exact) mass is 402 g/mol. The van der Waals surface area contributed by atoms with Crippen LogP contribution in [0.15, 0.2) is 52.8 Å². The van der Waals surface area contributed by atoms with Crippen LogP contribution in [0, 0.1) is 5.82 Å². The van der Waals surface area contributed by atoms with Crippen LogP contribution in [0.3, 0.4) is 0 Å². The van der Waals surface area contributed by atoms with E-state index in [9.17, 15) is 21.2 Å². The zero-order valence-electron chi connectivity index (χ0n) is 14.1. The third kappa shape index (κ3) is 6.82. The summed E-state index contributed by atoms with van der Waals surface area (Å²) in [5.41, 5.74) is 5.44. The lowest BCUT2D eigenvalue weighted by atomic mass is 10.2. The van der Waals surface area contributed by atoms with Crippen molar-refractivity contribution in [1.29, 1.82) is 0 Å². The Bertz CT molecular complexity index is 1000. The molecule has 0 unspecified atom stereocenters. The Balaban J connectivity index is 0.000000263. The Labute approximate surface area is 152 Å². The van der Waals surface area contributed by atoms with Crippen LogP contribution in [-0.4, -0.2) is 30.2 Å². The normalized spacial score (nSPS) is 11.7. The fraction of sp³-hybridized carbons (Fsp3) is 0.125. The first-order valence-corrected chi connectivity index (χ1v) is 10.5. The average Bonchev–Trinajstić information content (AvgIpc) is 2.54. The molecule has 2 aromatic rings. The molecule has 10 heteroatoms. The maximum atomic E-state index is 12.7. The minimum atomic E-state index is -3.92. The van der Waals surface area contributed by atoms with E-state index >= 15 is 0 Å². The van der Waals surface area contributed by atoms with Gasteiger partial charge in [0.25, 0.3) is 0 Å². The van der Waals surface area contributed by atoms with Gasteiger partial charge in [-0.15, -0.1) is 0 Å². The van der Waals surface area contributed by atoms with Gasteiger partial charge < -0.3 is 10.5 Å². The first-order valence-electron chi connectivity index (χ1n) is 7.03. The molecule has 2 aromatic carbocycles. The highest BCUT2D eigenvalue weighted by Crippen LogP contribution is 2.19. The van der Waals surface area contributed by atoms with E-state index in [0.29, 0.717) is 5.75 Å². The minimum absolute atomic E-state index is 0.387. The summed E-state index contributed by atoms with van der Waals surface area (Å²) in [4.78, 5) is -0.387. The zero-order chi connectivity index (χ0) is 20.0. The smallest absolute Gasteiger partial charge is 0.240 e. The van der Waals surface area contributed by atoms with E-state index in [0.717, 1.165) is 29.4 Å². The molecule has 0 bridgehead atoms. The maximum Gasteiger partial charge on any atom is 0.240 e. The first-order chi connectivity index (χ1) is 12.0. The number of ether oxygens (including phenoxy) is 1. The number of hydrogen-bond acceptors (Lipinski definition) is 6. The second-order valence-electron chi connectivity index (χ2n) is 5.07. The number of rotatable bonds is 4. The Morgan fingerprint density at radius 3 is 2.15 bits per heavy atom. The van der Waals surface area contributed by atoms with Gasteiger partial charge in [-0.3, -0.25) is 0 Å². The topological polar surface area (TPSA) is 130 Å². The Morgan fingerprint density at radius 2 is 1.65 bits per heavy atom. The molecule has 0 aliphatic carbocycles. The first kappa shape index (κ1) is 21.6. The van der Waals surface area contributed by atoms with Crippen LogP contribution in [0.5, 0.6) is 5.75 Å². The fourth-order valence-electron chi connectivity index (χ4n) is 1.77. The number of halogens is 1. The predicted octanol–water partition coefficient (Wildman–Crippen LogP) is 1.77. The molecule has 0 fully saturated rings. The molecule has 0 heterocycles. The van der Waals surface area contributed by atoms with E-state index in [1.807, 2.05) is 12.1 Å². The molecule has 0 aromatic heterocycles. The highest BCUT2D eigenvalue weighted by atomic mass is 32.2. The molecule has 0 aliphatic rings. The van der Waals surface area contributed by atoms with Crippen LogP contribution < -0.4 is 15.6 Å². The molecule has 0 atom stereocenters. The number of sulfone groups is 1. The van der Waals surface area contributed by atoms with Crippen molar-refractivity contribution in [2.24, 2.45) is 5.14 Å². The Kier molecular flexibility index (Phi) is 7.30. The van der Waals surface area contributed by atoms with Crippen LogP contribution in [0.2, 0.25) is 0 Å². The number of para-hydroxylation sites is 2. The van der Waals surface area contributed by atoms with Gasteiger partial charge in [-0.2, -0.15) is 0 Å². The second-order valence-corrected chi connectivity index (χ2v) is 8.53. The summed E-state index contributed by atoms with van der Waals surface area (Å²) in [6.45, 7) is 0. The molecule has 4 N–H and O–H groups in total. The van der Waals surface area contributed by atoms with Crippen LogP contribution >= 0.6 is 0 Å². The lowest BCUT2D eigenvalue weighted by Gasteiger charge is -2.02. The van der Waals surface area contributed by atoms with E-state index in [-0.39, 0.29) is 4.90 Å². The number of nitrogens with two attached hydrogens (primary N) is 2. The number of primary sulfonamides is 1. The van der Waals surface area contributed by atoms with Crippen LogP contribution in [0.1, 0.15) is 5.56 Å². The van der Waals surface area contributed by atoms with E-state index in [1.165, 1.54) is 12.1 Å². The molecule has 0 aliphatic heterocycles. The standard InChI is InChI=1S/C10H12O3S.C6H7FN2O2S/c1-13-10-6-4-3-5-9(10)7-8-14(2,11)12;7-4-2-1-3-5(6(4)8)12(9,10)11/h3-8H,1-2H3;1-3H,8H2,(H2,9,10,11)/b8-7+;. The Morgan fingerprint density at radius 1 is 1.04 bits per heavy atom. The molecule has 7 nitrogen and oxygen atoms in total. The molecular weight excluding hydrogens is 383 g/mol.